The standard InChI is InChI=1S/C16H13N5O2S2/c22-25(23,15-5-1-3-12-4-2-7-17-16(12)15)18-9-13-10-21(20-19-13)14-6-8-24-11-14/h1-8,10-11,18H,9H2. The summed E-state index contributed by atoms with van der Waals surface area (Å²) in [6.07, 6.45) is 3.28. The maximum atomic E-state index is 12.7. The Morgan fingerprint density at radius 2 is 2.04 bits per heavy atom. The van der Waals surface area contributed by atoms with Crippen LogP contribution in [-0.2, 0) is 16.6 Å². The van der Waals surface area contributed by atoms with E-state index in [1.54, 1.807) is 46.6 Å². The van der Waals surface area contributed by atoms with Crippen LogP contribution in [0.15, 0.2) is 64.4 Å². The highest BCUT2D eigenvalue weighted by molar-refractivity contribution is 7.89. The van der Waals surface area contributed by atoms with E-state index in [1.807, 2.05) is 29.0 Å². The van der Waals surface area contributed by atoms with Crippen LogP contribution < -0.4 is 4.72 Å². The van der Waals surface area contributed by atoms with Gasteiger partial charge in [0.15, 0.2) is 0 Å². The van der Waals surface area contributed by atoms with Gasteiger partial charge in [-0.1, -0.05) is 23.4 Å². The van der Waals surface area contributed by atoms with Gasteiger partial charge in [-0.2, -0.15) is 11.3 Å². The van der Waals surface area contributed by atoms with E-state index >= 15 is 0 Å². The normalized spacial score (nSPS) is 11.8. The van der Waals surface area contributed by atoms with Crippen LogP contribution in [0.5, 0.6) is 0 Å². The second kappa shape index (κ2) is 6.36. The molecule has 0 amide bonds. The van der Waals surface area contributed by atoms with E-state index in [0.29, 0.717) is 11.2 Å². The number of nitrogens with one attached hydrogen (secondary N) is 1. The van der Waals surface area contributed by atoms with Crippen LogP contribution in [0.4, 0.5) is 0 Å². The second-order valence-corrected chi connectivity index (χ2v) is 7.81. The quantitative estimate of drug-likeness (QED) is 0.582. The lowest BCUT2D eigenvalue weighted by molar-refractivity contribution is 0.581. The summed E-state index contributed by atoms with van der Waals surface area (Å²) >= 11 is 1.55. The van der Waals surface area contributed by atoms with E-state index in [2.05, 4.69) is 20.0 Å². The molecule has 4 aromatic rings. The van der Waals surface area contributed by atoms with Gasteiger partial charge in [-0.05, 0) is 23.6 Å². The molecule has 1 aromatic carbocycles. The Kier molecular flexibility index (Phi) is 4.04. The van der Waals surface area contributed by atoms with Crippen LogP contribution in [0, 0.1) is 0 Å². The van der Waals surface area contributed by atoms with Crippen LogP contribution in [0.25, 0.3) is 16.6 Å². The number of hydrogen-bond acceptors (Lipinski definition) is 6. The summed E-state index contributed by atoms with van der Waals surface area (Å²) in [5.41, 5.74) is 1.87. The van der Waals surface area contributed by atoms with Gasteiger partial charge in [0.05, 0.1) is 29.6 Å². The van der Waals surface area contributed by atoms with E-state index in [1.165, 1.54) is 0 Å². The van der Waals surface area contributed by atoms with Gasteiger partial charge in [0.2, 0.25) is 10.0 Å². The van der Waals surface area contributed by atoms with Crippen LogP contribution in [-0.4, -0.2) is 28.4 Å². The summed E-state index contributed by atoms with van der Waals surface area (Å²) in [7, 11) is -3.72. The van der Waals surface area contributed by atoms with Gasteiger partial charge in [-0.3, -0.25) is 4.98 Å². The third kappa shape index (κ3) is 3.16. The van der Waals surface area contributed by atoms with Gasteiger partial charge in [0, 0.05) is 17.0 Å². The number of thiophene rings is 1. The monoisotopic (exact) mass is 371 g/mol. The van der Waals surface area contributed by atoms with Gasteiger partial charge in [0.25, 0.3) is 0 Å². The van der Waals surface area contributed by atoms with Crippen molar-refractivity contribution < 1.29 is 8.42 Å². The fraction of sp³-hybridized carbons (Fsp3) is 0.0625. The summed E-state index contributed by atoms with van der Waals surface area (Å²) in [5, 5.41) is 12.7. The second-order valence-electron chi connectivity index (χ2n) is 5.29. The SMILES string of the molecule is O=S(=O)(NCc1cn(-c2ccsc2)nn1)c1cccc2cccnc12. The van der Waals surface area contributed by atoms with E-state index in [-0.39, 0.29) is 11.4 Å². The van der Waals surface area contributed by atoms with E-state index < -0.39 is 10.0 Å². The van der Waals surface area contributed by atoms with Gasteiger partial charge in [-0.25, -0.2) is 17.8 Å². The minimum Gasteiger partial charge on any atom is -0.255 e. The molecule has 25 heavy (non-hydrogen) atoms. The van der Waals surface area contributed by atoms with E-state index in [9.17, 15) is 8.42 Å². The lowest BCUT2D eigenvalue weighted by Gasteiger charge is -2.07. The largest absolute Gasteiger partial charge is 0.255 e. The predicted octanol–water partition coefficient (Wildman–Crippen LogP) is 2.36. The number of aromatic nitrogens is 4. The number of hydrogen-bond donors (Lipinski definition) is 1. The number of fused-ring (bicyclic) bond motifs is 1. The van der Waals surface area contributed by atoms with Crippen molar-refractivity contribution in [2.75, 3.05) is 0 Å². The Hall–Kier alpha value is -2.62. The third-order valence-electron chi connectivity index (χ3n) is 3.64. The first kappa shape index (κ1) is 15.9. The molecule has 1 N–H and O–H groups in total. The Labute approximate surface area is 148 Å². The first-order valence-electron chi connectivity index (χ1n) is 7.41. The highest BCUT2D eigenvalue weighted by Crippen LogP contribution is 2.20. The van der Waals surface area contributed by atoms with Crippen LogP contribution in [0.1, 0.15) is 5.69 Å². The number of rotatable bonds is 5. The van der Waals surface area contributed by atoms with Crippen molar-refractivity contribution >= 4 is 32.3 Å². The number of sulfonamides is 1. The number of pyridine rings is 1. The van der Waals surface area contributed by atoms with Crippen molar-refractivity contribution in [3.05, 3.63) is 65.2 Å². The molecule has 9 heteroatoms. The number of nitrogens with zero attached hydrogens (tertiary/aromatic N) is 4. The average molecular weight is 371 g/mol. The van der Waals surface area contributed by atoms with E-state index in [0.717, 1.165) is 11.1 Å². The Morgan fingerprint density at radius 1 is 1.16 bits per heavy atom. The van der Waals surface area contributed by atoms with Gasteiger partial charge < -0.3 is 0 Å². The number of para-hydroxylation sites is 1. The minimum absolute atomic E-state index is 0.0513. The zero-order valence-electron chi connectivity index (χ0n) is 12.9. The molecule has 0 aliphatic heterocycles. The molecular formula is C16H13N5O2S2. The molecule has 7 nitrogen and oxygen atoms in total. The smallest absolute Gasteiger partial charge is 0.243 e. The van der Waals surface area contributed by atoms with Crippen LogP contribution in [0.2, 0.25) is 0 Å². The number of benzene rings is 1. The van der Waals surface area contributed by atoms with Crippen molar-refractivity contribution in [2.24, 2.45) is 0 Å². The molecule has 4 rings (SSSR count). The molecule has 126 valence electrons. The average Bonchev–Trinajstić information content (AvgIpc) is 3.31. The third-order valence-corrected chi connectivity index (χ3v) is 5.74. The topological polar surface area (TPSA) is 89.8 Å². The van der Waals surface area contributed by atoms with Crippen LogP contribution >= 0.6 is 11.3 Å². The van der Waals surface area contributed by atoms with Gasteiger partial charge >= 0.3 is 0 Å². The van der Waals surface area contributed by atoms with Crippen molar-refractivity contribution in [2.45, 2.75) is 11.4 Å². The summed E-state index contributed by atoms with van der Waals surface area (Å²) in [6.45, 7) is 0.0513. The lowest BCUT2D eigenvalue weighted by atomic mass is 10.2. The molecule has 0 spiro atoms. The fourth-order valence-corrected chi connectivity index (χ4v) is 4.23. The van der Waals surface area contributed by atoms with Crippen molar-refractivity contribution in [3.63, 3.8) is 0 Å². The minimum atomic E-state index is -3.72. The zero-order chi connectivity index (χ0) is 17.3. The molecule has 0 bridgehead atoms. The van der Waals surface area contributed by atoms with Gasteiger partial charge in [-0.15, -0.1) is 5.10 Å². The maximum absolute atomic E-state index is 12.7. The molecule has 3 heterocycles. The molecule has 0 aliphatic carbocycles. The molecule has 0 saturated carbocycles. The summed E-state index contributed by atoms with van der Waals surface area (Å²) in [4.78, 5) is 4.34. The zero-order valence-corrected chi connectivity index (χ0v) is 14.5. The molecule has 0 atom stereocenters. The molecule has 0 aliphatic rings. The molecular weight excluding hydrogens is 358 g/mol. The fourth-order valence-electron chi connectivity index (χ4n) is 2.43. The first-order valence-corrected chi connectivity index (χ1v) is 9.83. The van der Waals surface area contributed by atoms with Gasteiger partial charge in [0.1, 0.15) is 4.90 Å². The molecule has 0 fully saturated rings. The van der Waals surface area contributed by atoms with Crippen molar-refractivity contribution in [3.8, 4) is 5.69 Å². The first-order chi connectivity index (χ1) is 12.1. The highest BCUT2D eigenvalue weighted by atomic mass is 32.2. The predicted molar refractivity (Wildman–Crippen MR) is 95.0 cm³/mol. The molecule has 0 unspecified atom stereocenters. The Balaban J connectivity index is 1.58. The Morgan fingerprint density at radius 3 is 2.88 bits per heavy atom. The molecule has 3 aromatic heterocycles. The lowest BCUT2D eigenvalue weighted by Crippen LogP contribution is -2.23. The summed E-state index contributed by atoms with van der Waals surface area (Å²) in [5.74, 6) is 0. The molecule has 0 saturated heterocycles. The van der Waals surface area contributed by atoms with E-state index in [4.69, 9.17) is 0 Å². The summed E-state index contributed by atoms with van der Waals surface area (Å²) < 4.78 is 29.5. The molecule has 0 radical (unpaired) electrons. The van der Waals surface area contributed by atoms with Crippen LogP contribution in [0.3, 0.4) is 0 Å². The summed E-state index contributed by atoms with van der Waals surface area (Å²) in [6, 6.07) is 10.6. The van der Waals surface area contributed by atoms with Crippen molar-refractivity contribution in [1.29, 1.82) is 0 Å². The highest BCUT2D eigenvalue weighted by Gasteiger charge is 2.18. The maximum Gasteiger partial charge on any atom is 0.243 e. The van der Waals surface area contributed by atoms with Crippen molar-refractivity contribution in [1.82, 2.24) is 24.7 Å². The Bertz CT molecular complexity index is 1120.